The smallest absolute Gasteiger partial charge is 0.254 e. The van der Waals surface area contributed by atoms with Crippen molar-refractivity contribution >= 4 is 15.9 Å². The van der Waals surface area contributed by atoms with E-state index < -0.39 is 10.0 Å². The molecule has 1 unspecified atom stereocenters. The van der Waals surface area contributed by atoms with Gasteiger partial charge in [0.05, 0.1) is 4.90 Å². The molecule has 1 heterocycles. The number of nitrogens with zero attached hydrogens (tertiary/aromatic N) is 1. The van der Waals surface area contributed by atoms with Gasteiger partial charge in [-0.25, -0.2) is 13.1 Å². The van der Waals surface area contributed by atoms with Gasteiger partial charge in [0.2, 0.25) is 10.0 Å². The monoisotopic (exact) mass is 387 g/mol. The maximum Gasteiger partial charge on any atom is 0.254 e. The van der Waals surface area contributed by atoms with E-state index in [2.05, 4.69) is 4.72 Å². The molecule has 3 rings (SSSR count). The minimum Gasteiger partial charge on any atom is -0.334 e. The molecule has 27 heavy (non-hydrogen) atoms. The highest BCUT2D eigenvalue weighted by molar-refractivity contribution is 7.89. The van der Waals surface area contributed by atoms with Crippen LogP contribution in [0, 0.1) is 6.92 Å². The van der Waals surface area contributed by atoms with Crippen LogP contribution in [0.3, 0.4) is 0 Å². The largest absolute Gasteiger partial charge is 0.334 e. The number of likely N-dealkylation sites (tertiary alicyclic amines) is 1. The SMILES string of the molecule is Cc1ccc(C(=O)N2CCCC2CN)cc1S(=O)(=O)NCc1ccccc1. The van der Waals surface area contributed by atoms with Gasteiger partial charge in [0.15, 0.2) is 0 Å². The summed E-state index contributed by atoms with van der Waals surface area (Å²) in [5.74, 6) is -0.164. The Morgan fingerprint density at radius 3 is 2.67 bits per heavy atom. The van der Waals surface area contributed by atoms with Crippen LogP contribution in [0.2, 0.25) is 0 Å². The highest BCUT2D eigenvalue weighted by Gasteiger charge is 2.29. The number of carbonyl (C=O) groups is 1. The number of sulfonamides is 1. The standard InChI is InChI=1S/C20H25N3O3S/c1-15-9-10-17(20(24)23-11-5-8-18(23)13-21)12-19(15)27(25,26)22-14-16-6-3-2-4-7-16/h2-4,6-7,9-10,12,18,22H,5,8,11,13-14,21H2,1H3. The van der Waals surface area contributed by atoms with Gasteiger partial charge in [-0.1, -0.05) is 36.4 Å². The summed E-state index contributed by atoms with van der Waals surface area (Å²) >= 11 is 0. The zero-order valence-corrected chi connectivity index (χ0v) is 16.2. The number of hydrogen-bond donors (Lipinski definition) is 2. The van der Waals surface area contributed by atoms with Crippen molar-refractivity contribution in [3.8, 4) is 0 Å². The average Bonchev–Trinajstić information content (AvgIpc) is 3.16. The van der Waals surface area contributed by atoms with Crippen LogP contribution in [0.15, 0.2) is 53.4 Å². The molecule has 144 valence electrons. The predicted octanol–water partition coefficient (Wildman–Crippen LogP) is 2.04. The fourth-order valence-corrected chi connectivity index (χ4v) is 4.67. The lowest BCUT2D eigenvalue weighted by atomic mass is 10.1. The molecule has 0 aliphatic carbocycles. The summed E-state index contributed by atoms with van der Waals surface area (Å²) in [5.41, 5.74) is 7.60. The molecule has 1 saturated heterocycles. The second-order valence-corrected chi connectivity index (χ2v) is 8.56. The Hall–Kier alpha value is -2.22. The van der Waals surface area contributed by atoms with Crippen LogP contribution in [-0.2, 0) is 16.6 Å². The van der Waals surface area contributed by atoms with Crippen LogP contribution in [0.4, 0.5) is 0 Å². The molecule has 0 radical (unpaired) electrons. The summed E-state index contributed by atoms with van der Waals surface area (Å²) in [6.07, 6.45) is 1.81. The van der Waals surface area contributed by atoms with Crippen molar-refractivity contribution in [3.05, 3.63) is 65.2 Å². The van der Waals surface area contributed by atoms with E-state index in [0.29, 0.717) is 24.2 Å². The van der Waals surface area contributed by atoms with Crippen LogP contribution in [0.25, 0.3) is 0 Å². The van der Waals surface area contributed by atoms with Crippen molar-refractivity contribution < 1.29 is 13.2 Å². The van der Waals surface area contributed by atoms with Crippen molar-refractivity contribution in [2.75, 3.05) is 13.1 Å². The predicted molar refractivity (Wildman–Crippen MR) is 105 cm³/mol. The maximum absolute atomic E-state index is 12.8. The van der Waals surface area contributed by atoms with E-state index in [-0.39, 0.29) is 23.4 Å². The first-order chi connectivity index (χ1) is 12.9. The summed E-state index contributed by atoms with van der Waals surface area (Å²) < 4.78 is 28.2. The van der Waals surface area contributed by atoms with Crippen LogP contribution in [-0.4, -0.2) is 38.4 Å². The molecular formula is C20H25N3O3S. The Morgan fingerprint density at radius 2 is 1.96 bits per heavy atom. The zero-order valence-electron chi connectivity index (χ0n) is 15.4. The molecule has 1 atom stereocenters. The Kier molecular flexibility index (Phi) is 5.94. The number of aryl methyl sites for hydroxylation is 1. The molecule has 2 aromatic rings. The van der Waals surface area contributed by atoms with Gasteiger partial charge >= 0.3 is 0 Å². The highest BCUT2D eigenvalue weighted by atomic mass is 32.2. The molecular weight excluding hydrogens is 362 g/mol. The summed E-state index contributed by atoms with van der Waals surface area (Å²) in [6.45, 7) is 3.00. The summed E-state index contributed by atoms with van der Waals surface area (Å²) in [5, 5.41) is 0. The van der Waals surface area contributed by atoms with Gasteiger partial charge in [0, 0.05) is 31.2 Å². The van der Waals surface area contributed by atoms with Crippen LogP contribution >= 0.6 is 0 Å². The third-order valence-electron chi connectivity index (χ3n) is 4.94. The fourth-order valence-electron chi connectivity index (χ4n) is 3.39. The Morgan fingerprint density at radius 1 is 1.22 bits per heavy atom. The van der Waals surface area contributed by atoms with Gasteiger partial charge in [-0.3, -0.25) is 4.79 Å². The lowest BCUT2D eigenvalue weighted by molar-refractivity contribution is 0.0741. The van der Waals surface area contributed by atoms with E-state index >= 15 is 0 Å². The number of hydrogen-bond acceptors (Lipinski definition) is 4. The Bertz CT molecular complexity index is 913. The van der Waals surface area contributed by atoms with E-state index in [1.54, 1.807) is 24.0 Å². The first-order valence-electron chi connectivity index (χ1n) is 9.07. The molecule has 0 bridgehead atoms. The Balaban J connectivity index is 1.83. The van der Waals surface area contributed by atoms with E-state index in [1.807, 2.05) is 30.3 Å². The van der Waals surface area contributed by atoms with Gasteiger partial charge in [-0.15, -0.1) is 0 Å². The van der Waals surface area contributed by atoms with Crippen molar-refractivity contribution in [1.29, 1.82) is 0 Å². The number of nitrogens with one attached hydrogen (secondary N) is 1. The molecule has 1 aliphatic heterocycles. The second-order valence-electron chi connectivity index (χ2n) is 6.82. The van der Waals surface area contributed by atoms with Gasteiger partial charge in [0.1, 0.15) is 0 Å². The number of amides is 1. The first-order valence-corrected chi connectivity index (χ1v) is 10.6. The molecule has 3 N–H and O–H groups in total. The van der Waals surface area contributed by atoms with Crippen molar-refractivity contribution in [2.45, 2.75) is 37.2 Å². The number of rotatable bonds is 6. The normalized spacial score (nSPS) is 17.3. The van der Waals surface area contributed by atoms with Crippen molar-refractivity contribution in [1.82, 2.24) is 9.62 Å². The van der Waals surface area contributed by atoms with E-state index in [9.17, 15) is 13.2 Å². The van der Waals surface area contributed by atoms with Crippen molar-refractivity contribution in [2.24, 2.45) is 5.73 Å². The van der Waals surface area contributed by atoms with Gasteiger partial charge in [0.25, 0.3) is 5.91 Å². The quantitative estimate of drug-likeness (QED) is 0.793. The third kappa shape index (κ3) is 4.37. The summed E-state index contributed by atoms with van der Waals surface area (Å²) in [4.78, 5) is 14.7. The molecule has 0 spiro atoms. The molecule has 1 fully saturated rings. The number of carbonyl (C=O) groups excluding carboxylic acids is 1. The maximum atomic E-state index is 12.8. The minimum absolute atomic E-state index is 0.0232. The molecule has 2 aromatic carbocycles. The lowest BCUT2D eigenvalue weighted by Gasteiger charge is -2.24. The molecule has 7 heteroatoms. The Labute approximate surface area is 160 Å². The van der Waals surface area contributed by atoms with E-state index in [1.165, 1.54) is 6.07 Å². The molecule has 1 amide bonds. The van der Waals surface area contributed by atoms with E-state index in [4.69, 9.17) is 5.73 Å². The molecule has 0 aromatic heterocycles. The zero-order chi connectivity index (χ0) is 19.4. The van der Waals surface area contributed by atoms with Crippen LogP contribution < -0.4 is 10.5 Å². The van der Waals surface area contributed by atoms with Gasteiger partial charge < -0.3 is 10.6 Å². The first kappa shape index (κ1) is 19.5. The van der Waals surface area contributed by atoms with Crippen LogP contribution in [0.1, 0.15) is 34.3 Å². The van der Waals surface area contributed by atoms with Crippen LogP contribution in [0.5, 0.6) is 0 Å². The van der Waals surface area contributed by atoms with Crippen molar-refractivity contribution in [3.63, 3.8) is 0 Å². The summed E-state index contributed by atoms with van der Waals surface area (Å²) in [7, 11) is -3.73. The average molecular weight is 388 g/mol. The summed E-state index contributed by atoms with van der Waals surface area (Å²) in [6, 6.07) is 14.2. The van der Waals surface area contributed by atoms with E-state index in [0.717, 1.165) is 18.4 Å². The topological polar surface area (TPSA) is 92.5 Å². The minimum atomic E-state index is -3.73. The third-order valence-corrected chi connectivity index (χ3v) is 6.49. The highest BCUT2D eigenvalue weighted by Crippen LogP contribution is 2.23. The molecule has 0 saturated carbocycles. The number of nitrogens with two attached hydrogens (primary N) is 1. The lowest BCUT2D eigenvalue weighted by Crippen LogP contribution is -2.40. The molecule has 6 nitrogen and oxygen atoms in total. The van der Waals surface area contributed by atoms with Gasteiger partial charge in [-0.05, 0) is 43.0 Å². The molecule has 1 aliphatic rings. The second kappa shape index (κ2) is 8.21. The number of benzene rings is 2. The van der Waals surface area contributed by atoms with Gasteiger partial charge in [-0.2, -0.15) is 0 Å². The fraction of sp³-hybridized carbons (Fsp3) is 0.350.